The van der Waals surface area contributed by atoms with Crippen LogP contribution in [0.5, 0.6) is 0 Å². The maximum Gasteiger partial charge on any atom is 0.335 e. The molecule has 2 aromatic rings. The van der Waals surface area contributed by atoms with Crippen molar-refractivity contribution in [1.29, 1.82) is 0 Å². The maximum absolute atomic E-state index is 11.1. The summed E-state index contributed by atoms with van der Waals surface area (Å²) in [5.41, 5.74) is 2.09. The molecule has 2 rings (SSSR count). The van der Waals surface area contributed by atoms with Crippen molar-refractivity contribution < 1.29 is 9.90 Å². The first-order valence-electron chi connectivity index (χ1n) is 6.54. The predicted molar refractivity (Wildman–Crippen MR) is 85.3 cm³/mol. The van der Waals surface area contributed by atoms with Crippen LogP contribution in [0.4, 0.5) is 0 Å². The third-order valence-electron chi connectivity index (χ3n) is 3.14. The van der Waals surface area contributed by atoms with E-state index in [1.54, 1.807) is 24.3 Å². The van der Waals surface area contributed by atoms with Crippen LogP contribution >= 0.6 is 23.2 Å². The number of rotatable bonds is 6. The Balaban J connectivity index is 1.91. The van der Waals surface area contributed by atoms with Crippen LogP contribution in [0.25, 0.3) is 0 Å². The maximum atomic E-state index is 11.1. The number of hydrogen-bond acceptors (Lipinski definition) is 2. The lowest BCUT2D eigenvalue weighted by Gasteiger charge is -2.09. The molecule has 2 N–H and O–H groups in total. The van der Waals surface area contributed by atoms with Crippen molar-refractivity contribution in [3.63, 3.8) is 0 Å². The lowest BCUT2D eigenvalue weighted by molar-refractivity contribution is 0.0695. The summed E-state index contributed by atoms with van der Waals surface area (Å²) in [6, 6.07) is 12.4. The summed E-state index contributed by atoms with van der Waals surface area (Å²) >= 11 is 12.0. The molecule has 21 heavy (non-hydrogen) atoms. The van der Waals surface area contributed by atoms with Gasteiger partial charge in [0.25, 0.3) is 0 Å². The fourth-order valence-electron chi connectivity index (χ4n) is 2.07. The number of aromatic carboxylic acids is 1. The third-order valence-corrected chi connectivity index (χ3v) is 3.75. The minimum absolute atomic E-state index is 0.347. The molecule has 110 valence electrons. The van der Waals surface area contributed by atoms with Gasteiger partial charge >= 0.3 is 5.97 Å². The van der Waals surface area contributed by atoms with Crippen molar-refractivity contribution in [2.45, 2.75) is 13.0 Å². The lowest BCUT2D eigenvalue weighted by atomic mass is 10.0. The largest absolute Gasteiger partial charge is 0.478 e. The Morgan fingerprint density at radius 3 is 2.62 bits per heavy atom. The van der Waals surface area contributed by atoms with Crippen LogP contribution in [0.1, 0.15) is 21.5 Å². The number of benzene rings is 2. The Labute approximate surface area is 133 Å². The van der Waals surface area contributed by atoms with Gasteiger partial charge in [0.15, 0.2) is 0 Å². The van der Waals surface area contributed by atoms with E-state index in [0.29, 0.717) is 35.1 Å². The highest BCUT2D eigenvalue weighted by molar-refractivity contribution is 6.33. The van der Waals surface area contributed by atoms with Crippen molar-refractivity contribution in [3.8, 4) is 0 Å². The van der Waals surface area contributed by atoms with E-state index in [1.165, 1.54) is 0 Å². The molecule has 0 aromatic heterocycles. The van der Waals surface area contributed by atoms with E-state index in [0.717, 1.165) is 11.1 Å². The molecule has 5 heteroatoms. The first kappa shape index (κ1) is 15.8. The molecule has 0 heterocycles. The van der Waals surface area contributed by atoms with Gasteiger partial charge in [0.05, 0.1) is 5.56 Å². The summed E-state index contributed by atoms with van der Waals surface area (Å²) in [6.45, 7) is 1.25. The normalized spacial score (nSPS) is 10.6. The summed E-state index contributed by atoms with van der Waals surface area (Å²) < 4.78 is 0. The highest BCUT2D eigenvalue weighted by Crippen LogP contribution is 2.20. The van der Waals surface area contributed by atoms with Gasteiger partial charge in [0.2, 0.25) is 0 Å². The van der Waals surface area contributed by atoms with E-state index in [1.807, 2.05) is 18.2 Å². The standard InChI is InChI=1S/C16H15Cl2NO2/c17-13-5-6-15(18)12(9-13)10-19-8-7-11-3-1-2-4-14(11)16(20)21/h1-6,9,19H,7-8,10H2,(H,20,21). The minimum atomic E-state index is -0.900. The molecule has 2 aromatic carbocycles. The fraction of sp³-hybridized carbons (Fsp3) is 0.188. The molecule has 0 aliphatic carbocycles. The molecule has 0 saturated heterocycles. The van der Waals surface area contributed by atoms with Crippen LogP contribution in [0.2, 0.25) is 10.0 Å². The number of hydrogen-bond donors (Lipinski definition) is 2. The van der Waals surface area contributed by atoms with Crippen LogP contribution in [0.15, 0.2) is 42.5 Å². The van der Waals surface area contributed by atoms with Gasteiger partial charge in [-0.2, -0.15) is 0 Å². The molecular weight excluding hydrogens is 309 g/mol. The molecule has 0 radical (unpaired) electrons. The van der Waals surface area contributed by atoms with E-state index in [4.69, 9.17) is 28.3 Å². The molecule has 0 aliphatic rings. The second-order valence-electron chi connectivity index (χ2n) is 4.62. The second kappa shape index (κ2) is 7.46. The van der Waals surface area contributed by atoms with Gasteiger partial charge in [0, 0.05) is 16.6 Å². The molecule has 0 bridgehead atoms. The molecule has 0 fully saturated rings. The van der Waals surface area contributed by atoms with Gasteiger partial charge in [0.1, 0.15) is 0 Å². The zero-order valence-corrected chi connectivity index (χ0v) is 12.8. The van der Waals surface area contributed by atoms with E-state index in [9.17, 15) is 4.79 Å². The monoisotopic (exact) mass is 323 g/mol. The summed E-state index contributed by atoms with van der Waals surface area (Å²) in [7, 11) is 0. The van der Waals surface area contributed by atoms with Gasteiger partial charge in [-0.15, -0.1) is 0 Å². The Hall–Kier alpha value is -1.55. The first-order valence-corrected chi connectivity index (χ1v) is 7.29. The summed E-state index contributed by atoms with van der Waals surface area (Å²) in [6.07, 6.45) is 0.640. The van der Waals surface area contributed by atoms with Crippen molar-refractivity contribution in [1.82, 2.24) is 5.32 Å². The number of carboxylic acid groups (broad SMARTS) is 1. The molecule has 0 unspecified atom stereocenters. The van der Waals surface area contributed by atoms with E-state index < -0.39 is 5.97 Å². The summed E-state index contributed by atoms with van der Waals surface area (Å²) in [5.74, 6) is -0.900. The lowest BCUT2D eigenvalue weighted by Crippen LogP contribution is -2.18. The van der Waals surface area contributed by atoms with Gasteiger partial charge in [-0.3, -0.25) is 0 Å². The number of carboxylic acids is 1. The van der Waals surface area contributed by atoms with Crippen molar-refractivity contribution >= 4 is 29.2 Å². The van der Waals surface area contributed by atoms with Crippen LogP contribution in [-0.4, -0.2) is 17.6 Å². The Morgan fingerprint density at radius 1 is 1.10 bits per heavy atom. The fourth-order valence-corrected chi connectivity index (χ4v) is 2.45. The predicted octanol–water partition coefficient (Wildman–Crippen LogP) is 4.02. The molecule has 0 amide bonds. The Morgan fingerprint density at radius 2 is 1.86 bits per heavy atom. The minimum Gasteiger partial charge on any atom is -0.478 e. The molecule has 0 spiro atoms. The van der Waals surface area contributed by atoms with Crippen LogP contribution in [-0.2, 0) is 13.0 Å². The Kier molecular flexibility index (Phi) is 5.62. The van der Waals surface area contributed by atoms with Gasteiger partial charge < -0.3 is 10.4 Å². The highest BCUT2D eigenvalue weighted by Gasteiger charge is 2.08. The Bertz CT molecular complexity index is 644. The number of nitrogens with one attached hydrogen (secondary N) is 1. The zero-order valence-electron chi connectivity index (χ0n) is 11.3. The SMILES string of the molecule is O=C(O)c1ccccc1CCNCc1cc(Cl)ccc1Cl. The van der Waals surface area contributed by atoms with E-state index in [-0.39, 0.29) is 0 Å². The highest BCUT2D eigenvalue weighted by atomic mass is 35.5. The van der Waals surface area contributed by atoms with Crippen molar-refractivity contribution in [3.05, 3.63) is 69.2 Å². The number of carbonyl (C=O) groups is 1. The first-order chi connectivity index (χ1) is 10.1. The molecule has 3 nitrogen and oxygen atoms in total. The third kappa shape index (κ3) is 4.46. The average molecular weight is 324 g/mol. The number of halogens is 2. The quantitative estimate of drug-likeness (QED) is 0.789. The topological polar surface area (TPSA) is 49.3 Å². The van der Waals surface area contributed by atoms with E-state index >= 15 is 0 Å². The van der Waals surface area contributed by atoms with Crippen molar-refractivity contribution in [2.75, 3.05) is 6.54 Å². The summed E-state index contributed by atoms with van der Waals surface area (Å²) in [5, 5.41) is 13.7. The van der Waals surface area contributed by atoms with Gasteiger partial charge in [-0.1, -0.05) is 41.4 Å². The molecular formula is C16H15Cl2NO2. The molecule has 0 aliphatic heterocycles. The van der Waals surface area contributed by atoms with Crippen LogP contribution in [0, 0.1) is 0 Å². The second-order valence-corrected chi connectivity index (χ2v) is 5.47. The van der Waals surface area contributed by atoms with Crippen LogP contribution in [0.3, 0.4) is 0 Å². The zero-order chi connectivity index (χ0) is 15.2. The molecule has 0 saturated carbocycles. The summed E-state index contributed by atoms with van der Waals surface area (Å²) in [4.78, 5) is 11.1. The average Bonchev–Trinajstić information content (AvgIpc) is 2.47. The van der Waals surface area contributed by atoms with Crippen LogP contribution < -0.4 is 5.32 Å². The smallest absolute Gasteiger partial charge is 0.335 e. The van der Waals surface area contributed by atoms with Crippen molar-refractivity contribution in [2.24, 2.45) is 0 Å². The van der Waals surface area contributed by atoms with E-state index in [2.05, 4.69) is 5.32 Å². The van der Waals surface area contributed by atoms with Gasteiger partial charge in [-0.05, 0) is 48.4 Å². The molecule has 0 atom stereocenters. The van der Waals surface area contributed by atoms with Gasteiger partial charge in [-0.25, -0.2) is 4.79 Å².